The second-order valence-electron chi connectivity index (χ2n) is 3.82. The number of aliphatic hydroxyl groups is 2. The number of nitrogens with zero attached hydrogens (tertiary/aromatic N) is 2. The third kappa shape index (κ3) is 3.56. The Morgan fingerprint density at radius 3 is 2.61 bits per heavy atom. The van der Waals surface area contributed by atoms with Crippen LogP contribution in [0.15, 0.2) is 6.08 Å². The standard InChI is InChI=1S/C11H16ClN3O3/c1-7-9(11(12)15(2)14-7)3-4-10(18)13-8(5-16)6-17/h3-4,8,16-17H,5-6H2,1-2H3,(H,13,18). The van der Waals surface area contributed by atoms with E-state index in [0.717, 1.165) is 0 Å². The first kappa shape index (κ1) is 14.7. The van der Waals surface area contributed by atoms with Crippen LogP contribution < -0.4 is 5.32 Å². The Balaban J connectivity index is 2.72. The molecule has 1 aromatic heterocycles. The summed E-state index contributed by atoms with van der Waals surface area (Å²) in [7, 11) is 1.71. The Labute approximate surface area is 110 Å². The highest BCUT2D eigenvalue weighted by molar-refractivity contribution is 6.31. The van der Waals surface area contributed by atoms with Crippen molar-refractivity contribution in [2.45, 2.75) is 13.0 Å². The maximum absolute atomic E-state index is 11.5. The minimum absolute atomic E-state index is 0.317. The van der Waals surface area contributed by atoms with Gasteiger partial charge in [0.05, 0.1) is 24.9 Å². The smallest absolute Gasteiger partial charge is 0.244 e. The van der Waals surface area contributed by atoms with Crippen LogP contribution >= 0.6 is 11.6 Å². The number of hydrogen-bond acceptors (Lipinski definition) is 4. The average Bonchev–Trinajstić information content (AvgIpc) is 2.58. The fraction of sp³-hybridized carbons (Fsp3) is 0.455. The van der Waals surface area contributed by atoms with Crippen molar-refractivity contribution in [2.75, 3.05) is 13.2 Å². The fourth-order valence-corrected chi connectivity index (χ4v) is 1.63. The molecule has 0 aromatic carbocycles. The molecule has 3 N–H and O–H groups in total. The zero-order valence-corrected chi connectivity index (χ0v) is 11.0. The predicted octanol–water partition coefficient (Wildman–Crippen LogP) is -0.135. The topological polar surface area (TPSA) is 87.4 Å². The fourth-order valence-electron chi connectivity index (χ4n) is 1.39. The first-order chi connectivity index (χ1) is 8.49. The Hall–Kier alpha value is -1.37. The molecule has 0 spiro atoms. The number of amides is 1. The number of nitrogens with one attached hydrogen (secondary N) is 1. The number of hydrogen-bond donors (Lipinski definition) is 3. The second-order valence-corrected chi connectivity index (χ2v) is 4.18. The lowest BCUT2D eigenvalue weighted by Crippen LogP contribution is -2.39. The molecule has 0 bridgehead atoms. The van der Waals surface area contributed by atoms with Crippen LogP contribution in [0.1, 0.15) is 11.3 Å². The zero-order chi connectivity index (χ0) is 13.7. The molecule has 18 heavy (non-hydrogen) atoms. The number of rotatable bonds is 5. The Kier molecular flexibility index (Phi) is 5.33. The predicted molar refractivity (Wildman–Crippen MR) is 68.1 cm³/mol. The van der Waals surface area contributed by atoms with Gasteiger partial charge in [0.25, 0.3) is 0 Å². The molecule has 1 amide bonds. The van der Waals surface area contributed by atoms with Gasteiger partial charge in [0.15, 0.2) is 0 Å². The highest BCUT2D eigenvalue weighted by atomic mass is 35.5. The van der Waals surface area contributed by atoms with E-state index < -0.39 is 11.9 Å². The van der Waals surface area contributed by atoms with E-state index >= 15 is 0 Å². The summed E-state index contributed by atoms with van der Waals surface area (Å²) >= 11 is 6.00. The van der Waals surface area contributed by atoms with Gasteiger partial charge in [0, 0.05) is 18.7 Å². The lowest BCUT2D eigenvalue weighted by atomic mass is 10.2. The highest BCUT2D eigenvalue weighted by Crippen LogP contribution is 2.19. The Morgan fingerprint density at radius 2 is 2.17 bits per heavy atom. The highest BCUT2D eigenvalue weighted by Gasteiger charge is 2.10. The molecule has 0 aliphatic carbocycles. The van der Waals surface area contributed by atoms with Gasteiger partial charge in [-0.25, -0.2) is 0 Å². The number of aryl methyl sites for hydroxylation is 2. The van der Waals surface area contributed by atoms with Crippen molar-refractivity contribution in [3.63, 3.8) is 0 Å². The van der Waals surface area contributed by atoms with Crippen LogP contribution in [-0.4, -0.2) is 45.2 Å². The minimum atomic E-state index is -0.660. The molecule has 0 aliphatic rings. The Morgan fingerprint density at radius 1 is 1.56 bits per heavy atom. The van der Waals surface area contributed by atoms with Crippen molar-refractivity contribution >= 4 is 23.6 Å². The number of carbonyl (C=O) groups excluding carboxylic acids is 1. The minimum Gasteiger partial charge on any atom is -0.394 e. The molecule has 0 saturated carbocycles. The van der Waals surface area contributed by atoms with E-state index in [0.29, 0.717) is 16.4 Å². The van der Waals surface area contributed by atoms with Gasteiger partial charge >= 0.3 is 0 Å². The maximum Gasteiger partial charge on any atom is 0.244 e. The van der Waals surface area contributed by atoms with Gasteiger partial charge < -0.3 is 15.5 Å². The average molecular weight is 274 g/mol. The number of aliphatic hydroxyl groups excluding tert-OH is 2. The van der Waals surface area contributed by atoms with Crippen LogP contribution in [0.5, 0.6) is 0 Å². The molecule has 1 rings (SSSR count). The molecule has 1 heterocycles. The normalized spacial score (nSPS) is 11.4. The van der Waals surface area contributed by atoms with E-state index in [9.17, 15) is 4.79 Å². The van der Waals surface area contributed by atoms with E-state index in [-0.39, 0.29) is 13.2 Å². The summed E-state index contributed by atoms with van der Waals surface area (Å²) in [6, 6.07) is -0.660. The molecule has 0 fully saturated rings. The largest absolute Gasteiger partial charge is 0.394 e. The molecule has 0 aliphatic heterocycles. The van der Waals surface area contributed by atoms with Crippen molar-refractivity contribution in [1.82, 2.24) is 15.1 Å². The number of aromatic nitrogens is 2. The van der Waals surface area contributed by atoms with Crippen LogP contribution in [0.3, 0.4) is 0 Å². The molecule has 100 valence electrons. The lowest BCUT2D eigenvalue weighted by molar-refractivity contribution is -0.117. The molecule has 0 saturated heterocycles. The lowest BCUT2D eigenvalue weighted by Gasteiger charge is -2.10. The van der Waals surface area contributed by atoms with Gasteiger partial charge in [-0.1, -0.05) is 11.6 Å². The van der Waals surface area contributed by atoms with E-state index in [4.69, 9.17) is 21.8 Å². The van der Waals surface area contributed by atoms with E-state index in [1.165, 1.54) is 10.8 Å². The maximum atomic E-state index is 11.5. The van der Waals surface area contributed by atoms with Crippen LogP contribution in [0, 0.1) is 6.92 Å². The molecule has 0 unspecified atom stereocenters. The van der Waals surface area contributed by atoms with Crippen molar-refractivity contribution in [1.29, 1.82) is 0 Å². The van der Waals surface area contributed by atoms with Crippen LogP contribution in [0.4, 0.5) is 0 Å². The van der Waals surface area contributed by atoms with Gasteiger partial charge in [-0.05, 0) is 13.0 Å². The van der Waals surface area contributed by atoms with Crippen LogP contribution in [0.25, 0.3) is 6.08 Å². The second kappa shape index (κ2) is 6.53. The molecular formula is C11H16ClN3O3. The first-order valence-corrected chi connectivity index (χ1v) is 5.76. The van der Waals surface area contributed by atoms with E-state index in [2.05, 4.69) is 10.4 Å². The molecule has 0 radical (unpaired) electrons. The van der Waals surface area contributed by atoms with Crippen molar-refractivity contribution < 1.29 is 15.0 Å². The van der Waals surface area contributed by atoms with Crippen molar-refractivity contribution in [3.8, 4) is 0 Å². The number of carbonyl (C=O) groups is 1. The first-order valence-electron chi connectivity index (χ1n) is 5.39. The Bertz CT molecular complexity index is 453. The van der Waals surface area contributed by atoms with Crippen molar-refractivity contribution in [2.24, 2.45) is 7.05 Å². The third-order valence-electron chi connectivity index (χ3n) is 2.38. The van der Waals surface area contributed by atoms with Gasteiger partial charge in [0.2, 0.25) is 5.91 Å². The van der Waals surface area contributed by atoms with Crippen LogP contribution in [0.2, 0.25) is 5.15 Å². The summed E-state index contributed by atoms with van der Waals surface area (Å²) in [6.45, 7) is 1.15. The summed E-state index contributed by atoms with van der Waals surface area (Å²) < 4.78 is 1.51. The molecule has 7 heteroatoms. The number of halogens is 1. The van der Waals surface area contributed by atoms with Crippen LogP contribution in [-0.2, 0) is 11.8 Å². The molecular weight excluding hydrogens is 258 g/mol. The summed E-state index contributed by atoms with van der Waals surface area (Å²) in [5, 5.41) is 24.6. The molecule has 1 aromatic rings. The SMILES string of the molecule is Cc1nn(C)c(Cl)c1C=CC(=O)NC(CO)CO. The zero-order valence-electron chi connectivity index (χ0n) is 10.2. The van der Waals surface area contributed by atoms with Gasteiger partial charge in [-0.2, -0.15) is 5.10 Å². The van der Waals surface area contributed by atoms with E-state index in [1.54, 1.807) is 20.0 Å². The van der Waals surface area contributed by atoms with Gasteiger partial charge in [0.1, 0.15) is 5.15 Å². The summed E-state index contributed by atoms with van der Waals surface area (Å²) in [5.74, 6) is -0.414. The molecule has 0 atom stereocenters. The monoisotopic (exact) mass is 273 g/mol. The quantitative estimate of drug-likeness (QED) is 0.652. The van der Waals surface area contributed by atoms with E-state index in [1.807, 2.05) is 0 Å². The summed E-state index contributed by atoms with van der Waals surface area (Å²) in [4.78, 5) is 11.5. The molecule has 6 nitrogen and oxygen atoms in total. The van der Waals surface area contributed by atoms with Gasteiger partial charge in [-0.15, -0.1) is 0 Å². The van der Waals surface area contributed by atoms with Crippen molar-refractivity contribution in [3.05, 3.63) is 22.5 Å². The third-order valence-corrected chi connectivity index (χ3v) is 2.83. The summed E-state index contributed by atoms with van der Waals surface area (Å²) in [6.07, 6.45) is 2.83. The summed E-state index contributed by atoms with van der Waals surface area (Å²) in [5.41, 5.74) is 1.38. The van der Waals surface area contributed by atoms with Gasteiger partial charge in [-0.3, -0.25) is 9.48 Å².